The van der Waals surface area contributed by atoms with Gasteiger partial charge in [-0.15, -0.1) is 0 Å². The zero-order chi connectivity index (χ0) is 14.7. The maximum Gasteiger partial charge on any atom is 0.328 e. The number of nitrogens with zero attached hydrogens (tertiary/aromatic N) is 5. The zero-order valence-electron chi connectivity index (χ0n) is 11.3. The van der Waals surface area contributed by atoms with Gasteiger partial charge < -0.3 is 4.74 Å². The van der Waals surface area contributed by atoms with E-state index < -0.39 is 0 Å². The smallest absolute Gasteiger partial charge is 0.328 e. The highest BCUT2D eigenvalue weighted by Gasteiger charge is 2.08. The highest BCUT2D eigenvalue weighted by atomic mass is 35.5. The maximum atomic E-state index is 5.90. The van der Waals surface area contributed by atoms with Crippen molar-refractivity contribution in [3.8, 4) is 17.7 Å². The highest BCUT2D eigenvalue weighted by Crippen LogP contribution is 2.20. The van der Waals surface area contributed by atoms with E-state index in [-0.39, 0.29) is 11.3 Å². The van der Waals surface area contributed by atoms with Crippen molar-refractivity contribution in [3.63, 3.8) is 0 Å². The molecule has 0 saturated heterocycles. The Morgan fingerprint density at radius 3 is 2.62 bits per heavy atom. The standard InChI is InChI=1S/C14H12ClN5O/c1-2-10-3-5-11(6-4-10)21-14-18-12(15)17-13(19-14)20-8-7-16-9-20/h3-9H,2H2,1H3. The van der Waals surface area contributed by atoms with E-state index in [2.05, 4.69) is 26.9 Å². The summed E-state index contributed by atoms with van der Waals surface area (Å²) >= 11 is 5.90. The van der Waals surface area contributed by atoms with Crippen LogP contribution in [-0.4, -0.2) is 24.5 Å². The van der Waals surface area contributed by atoms with E-state index in [1.54, 1.807) is 23.3 Å². The number of hydrogen-bond acceptors (Lipinski definition) is 5. The molecule has 106 valence electrons. The fourth-order valence-electron chi connectivity index (χ4n) is 1.76. The van der Waals surface area contributed by atoms with Crippen LogP contribution in [0.15, 0.2) is 43.0 Å². The van der Waals surface area contributed by atoms with Crippen LogP contribution in [0.1, 0.15) is 12.5 Å². The molecular formula is C14H12ClN5O. The van der Waals surface area contributed by atoms with Crippen LogP contribution in [0, 0.1) is 0 Å². The molecule has 0 aliphatic carbocycles. The van der Waals surface area contributed by atoms with Crippen LogP contribution in [0.25, 0.3) is 5.95 Å². The SMILES string of the molecule is CCc1ccc(Oc2nc(Cl)nc(-n3ccnc3)n2)cc1. The predicted octanol–water partition coefficient (Wildman–Crippen LogP) is 3.07. The predicted molar refractivity (Wildman–Crippen MR) is 77.9 cm³/mol. The number of aromatic nitrogens is 5. The molecule has 3 aromatic rings. The van der Waals surface area contributed by atoms with Gasteiger partial charge in [-0.05, 0) is 35.7 Å². The van der Waals surface area contributed by atoms with Gasteiger partial charge >= 0.3 is 6.01 Å². The molecule has 0 atom stereocenters. The Labute approximate surface area is 126 Å². The molecule has 7 heteroatoms. The molecule has 0 amide bonds. The molecule has 0 aliphatic heterocycles. The topological polar surface area (TPSA) is 65.7 Å². The van der Waals surface area contributed by atoms with Crippen molar-refractivity contribution in [1.29, 1.82) is 0 Å². The van der Waals surface area contributed by atoms with Crippen LogP contribution < -0.4 is 4.74 Å². The highest BCUT2D eigenvalue weighted by molar-refractivity contribution is 6.28. The van der Waals surface area contributed by atoms with Gasteiger partial charge in [0.2, 0.25) is 11.2 Å². The van der Waals surface area contributed by atoms with Gasteiger partial charge in [0.15, 0.2) is 0 Å². The number of imidazole rings is 1. The average molecular weight is 302 g/mol. The van der Waals surface area contributed by atoms with Crippen molar-refractivity contribution >= 4 is 11.6 Å². The number of aryl methyl sites for hydroxylation is 1. The normalized spacial score (nSPS) is 10.6. The molecule has 0 aliphatic rings. The minimum atomic E-state index is 0.0638. The number of benzene rings is 1. The van der Waals surface area contributed by atoms with Gasteiger partial charge in [0.1, 0.15) is 12.1 Å². The van der Waals surface area contributed by atoms with Gasteiger partial charge in [0.05, 0.1) is 0 Å². The summed E-state index contributed by atoms with van der Waals surface area (Å²) < 4.78 is 7.24. The second kappa shape index (κ2) is 5.88. The Morgan fingerprint density at radius 1 is 1.14 bits per heavy atom. The largest absolute Gasteiger partial charge is 0.424 e. The molecule has 3 rings (SSSR count). The Hall–Kier alpha value is -2.47. The third-order valence-corrected chi connectivity index (χ3v) is 3.02. The molecule has 0 saturated carbocycles. The Bertz CT molecular complexity index is 728. The summed E-state index contributed by atoms with van der Waals surface area (Å²) in [4.78, 5) is 16.1. The van der Waals surface area contributed by atoms with Gasteiger partial charge in [0.25, 0.3) is 0 Å². The van der Waals surface area contributed by atoms with Crippen LogP contribution in [0.2, 0.25) is 5.28 Å². The lowest BCUT2D eigenvalue weighted by Gasteiger charge is -2.06. The lowest BCUT2D eigenvalue weighted by molar-refractivity contribution is 0.438. The number of halogens is 1. The monoisotopic (exact) mass is 301 g/mol. The summed E-state index contributed by atoms with van der Waals surface area (Å²) in [5.74, 6) is 0.999. The summed E-state index contributed by atoms with van der Waals surface area (Å²) in [5, 5.41) is 0.0638. The average Bonchev–Trinajstić information content (AvgIpc) is 3.02. The molecule has 0 fully saturated rings. The number of ether oxygens (including phenoxy) is 1. The Balaban J connectivity index is 1.88. The first-order chi connectivity index (χ1) is 10.2. The van der Waals surface area contributed by atoms with Crippen LogP contribution in [0.3, 0.4) is 0 Å². The first-order valence-corrected chi connectivity index (χ1v) is 6.79. The molecule has 21 heavy (non-hydrogen) atoms. The first kappa shape index (κ1) is 13.5. The maximum absolute atomic E-state index is 5.90. The molecular weight excluding hydrogens is 290 g/mol. The van der Waals surface area contributed by atoms with E-state index in [4.69, 9.17) is 16.3 Å². The molecule has 2 aromatic heterocycles. The minimum Gasteiger partial charge on any atom is -0.424 e. The van der Waals surface area contributed by atoms with Crippen molar-refractivity contribution in [2.45, 2.75) is 13.3 Å². The summed E-state index contributed by atoms with van der Waals surface area (Å²) in [6.07, 6.45) is 5.89. The van der Waals surface area contributed by atoms with Crippen molar-refractivity contribution < 1.29 is 4.74 Å². The quantitative estimate of drug-likeness (QED) is 0.741. The Morgan fingerprint density at radius 2 is 1.95 bits per heavy atom. The van der Waals surface area contributed by atoms with Gasteiger partial charge in [-0.1, -0.05) is 19.1 Å². The van der Waals surface area contributed by atoms with Crippen molar-refractivity contribution in [1.82, 2.24) is 24.5 Å². The van der Waals surface area contributed by atoms with E-state index >= 15 is 0 Å². The molecule has 2 heterocycles. The van der Waals surface area contributed by atoms with Crippen LogP contribution >= 0.6 is 11.6 Å². The van der Waals surface area contributed by atoms with E-state index in [0.717, 1.165) is 6.42 Å². The van der Waals surface area contributed by atoms with Gasteiger partial charge in [-0.25, -0.2) is 4.98 Å². The lowest BCUT2D eigenvalue weighted by Crippen LogP contribution is -2.03. The fourth-order valence-corrected chi connectivity index (χ4v) is 1.91. The van der Waals surface area contributed by atoms with Crippen molar-refractivity contribution in [2.75, 3.05) is 0 Å². The molecule has 6 nitrogen and oxygen atoms in total. The first-order valence-electron chi connectivity index (χ1n) is 6.41. The van der Waals surface area contributed by atoms with Crippen molar-refractivity contribution in [2.24, 2.45) is 0 Å². The van der Waals surface area contributed by atoms with Crippen molar-refractivity contribution in [3.05, 3.63) is 53.8 Å². The van der Waals surface area contributed by atoms with Crippen LogP contribution in [-0.2, 0) is 6.42 Å². The molecule has 0 radical (unpaired) electrons. The second-order valence-electron chi connectivity index (χ2n) is 4.26. The third-order valence-electron chi connectivity index (χ3n) is 2.85. The summed E-state index contributed by atoms with van der Waals surface area (Å²) in [5.41, 5.74) is 1.23. The van der Waals surface area contributed by atoms with E-state index in [9.17, 15) is 0 Å². The zero-order valence-corrected chi connectivity index (χ0v) is 12.0. The molecule has 1 aromatic carbocycles. The van der Waals surface area contributed by atoms with Crippen LogP contribution in [0.5, 0.6) is 11.8 Å². The van der Waals surface area contributed by atoms with Gasteiger partial charge in [-0.3, -0.25) is 4.57 Å². The molecule has 0 spiro atoms. The summed E-state index contributed by atoms with van der Waals surface area (Å²) in [7, 11) is 0. The molecule has 0 N–H and O–H groups in total. The molecule has 0 unspecified atom stereocenters. The lowest BCUT2D eigenvalue weighted by atomic mass is 10.2. The van der Waals surface area contributed by atoms with E-state index in [1.807, 2.05) is 24.3 Å². The fraction of sp³-hybridized carbons (Fsp3) is 0.143. The third kappa shape index (κ3) is 3.17. The van der Waals surface area contributed by atoms with E-state index in [1.165, 1.54) is 5.56 Å². The number of hydrogen-bond donors (Lipinski definition) is 0. The summed E-state index contributed by atoms with van der Waals surface area (Å²) in [6.45, 7) is 2.10. The molecule has 0 bridgehead atoms. The Kier molecular flexibility index (Phi) is 3.79. The van der Waals surface area contributed by atoms with Crippen LogP contribution in [0.4, 0.5) is 0 Å². The minimum absolute atomic E-state index is 0.0638. The van der Waals surface area contributed by atoms with Gasteiger partial charge in [0, 0.05) is 12.4 Å². The van der Waals surface area contributed by atoms with Gasteiger partial charge in [-0.2, -0.15) is 15.0 Å². The summed E-state index contributed by atoms with van der Waals surface area (Å²) in [6, 6.07) is 7.87. The van der Waals surface area contributed by atoms with E-state index in [0.29, 0.717) is 11.7 Å². The second-order valence-corrected chi connectivity index (χ2v) is 4.59. The number of rotatable bonds is 4.